The van der Waals surface area contributed by atoms with Crippen LogP contribution in [0.2, 0.25) is 0 Å². The zero-order valence-electron chi connectivity index (χ0n) is 24.4. The fraction of sp³-hybridized carbons (Fsp3) is 0.0698. The van der Waals surface area contributed by atoms with E-state index in [0.29, 0.717) is 0 Å². The molecule has 0 N–H and O–H groups in total. The molecule has 43 heavy (non-hydrogen) atoms. The van der Waals surface area contributed by atoms with Crippen LogP contribution in [0.4, 0.5) is 0 Å². The highest BCUT2D eigenvalue weighted by atomic mass is 14.4. The molecule has 8 aromatic carbocycles. The van der Waals surface area contributed by atoms with E-state index in [1.165, 1.54) is 87.6 Å². The van der Waals surface area contributed by atoms with Crippen LogP contribution in [0.3, 0.4) is 0 Å². The van der Waals surface area contributed by atoms with Crippen molar-refractivity contribution in [3.8, 4) is 33.4 Å². The van der Waals surface area contributed by atoms with Gasteiger partial charge in [-0.1, -0.05) is 141 Å². The van der Waals surface area contributed by atoms with Crippen LogP contribution in [-0.2, 0) is 5.41 Å². The molecule has 0 amide bonds. The number of benzene rings is 8. The van der Waals surface area contributed by atoms with Gasteiger partial charge in [-0.15, -0.1) is 0 Å². The van der Waals surface area contributed by atoms with Crippen LogP contribution in [-0.4, -0.2) is 0 Å². The summed E-state index contributed by atoms with van der Waals surface area (Å²) in [5.41, 5.74) is 10.6. The van der Waals surface area contributed by atoms with Gasteiger partial charge in [-0.2, -0.15) is 0 Å². The molecule has 0 bridgehead atoms. The number of rotatable bonds is 2. The average molecular weight is 547 g/mol. The van der Waals surface area contributed by atoms with Gasteiger partial charge in [0.2, 0.25) is 0 Å². The summed E-state index contributed by atoms with van der Waals surface area (Å²) in [6, 6.07) is 54.1. The molecule has 0 atom stereocenters. The van der Waals surface area contributed by atoms with E-state index < -0.39 is 0 Å². The highest BCUT2D eigenvalue weighted by Gasteiger charge is 2.39. The van der Waals surface area contributed by atoms with Gasteiger partial charge in [-0.05, 0) is 106 Å². The molecule has 0 radical (unpaired) electrons. The Hall–Kier alpha value is -5.20. The van der Waals surface area contributed by atoms with Crippen LogP contribution in [0.15, 0.2) is 146 Å². The highest BCUT2D eigenvalue weighted by Crippen LogP contribution is 2.56. The molecule has 0 heteroatoms. The molecule has 8 aromatic rings. The predicted octanol–water partition coefficient (Wildman–Crippen LogP) is 11.9. The quantitative estimate of drug-likeness (QED) is 0.149. The van der Waals surface area contributed by atoms with Crippen LogP contribution in [0.5, 0.6) is 0 Å². The van der Waals surface area contributed by atoms with Crippen LogP contribution < -0.4 is 0 Å². The monoisotopic (exact) mass is 546 g/mol. The van der Waals surface area contributed by atoms with Crippen LogP contribution in [0.25, 0.3) is 76.5 Å². The fourth-order valence-electron chi connectivity index (χ4n) is 7.82. The van der Waals surface area contributed by atoms with Crippen molar-refractivity contribution in [2.24, 2.45) is 0 Å². The minimum absolute atomic E-state index is 0.155. The second kappa shape index (κ2) is 8.90. The Balaban J connectivity index is 1.37. The van der Waals surface area contributed by atoms with E-state index >= 15 is 0 Å². The lowest BCUT2D eigenvalue weighted by Gasteiger charge is -2.24. The summed E-state index contributed by atoms with van der Waals surface area (Å²) < 4.78 is 0. The van der Waals surface area contributed by atoms with E-state index in [1.807, 2.05) is 0 Å². The van der Waals surface area contributed by atoms with Gasteiger partial charge in [0.05, 0.1) is 0 Å². The van der Waals surface area contributed by atoms with Crippen LogP contribution in [0, 0.1) is 0 Å². The summed E-state index contributed by atoms with van der Waals surface area (Å²) in [7, 11) is 0. The van der Waals surface area contributed by atoms with Crippen molar-refractivity contribution < 1.29 is 0 Å². The second-order valence-electron chi connectivity index (χ2n) is 12.5. The molecular weight excluding hydrogens is 516 g/mol. The molecule has 0 fully saturated rings. The van der Waals surface area contributed by atoms with Crippen LogP contribution in [0.1, 0.15) is 25.0 Å². The van der Waals surface area contributed by atoms with E-state index in [4.69, 9.17) is 0 Å². The van der Waals surface area contributed by atoms with E-state index in [0.717, 1.165) is 0 Å². The van der Waals surface area contributed by atoms with Gasteiger partial charge in [0, 0.05) is 5.41 Å². The molecule has 0 heterocycles. The summed E-state index contributed by atoms with van der Waals surface area (Å²) in [5, 5.41) is 10.4. The molecular formula is C43H30. The molecule has 9 rings (SSSR count). The van der Waals surface area contributed by atoms with Crippen molar-refractivity contribution in [1.29, 1.82) is 0 Å². The van der Waals surface area contributed by atoms with Crippen molar-refractivity contribution in [1.82, 2.24) is 0 Å². The molecule has 0 saturated carbocycles. The molecule has 0 nitrogen and oxygen atoms in total. The summed E-state index contributed by atoms with van der Waals surface area (Å²) in [5.74, 6) is 0. The topological polar surface area (TPSA) is 0 Å². The lowest BCUT2D eigenvalue weighted by atomic mass is 9.78. The van der Waals surface area contributed by atoms with E-state index in [1.54, 1.807) is 0 Å². The minimum Gasteiger partial charge on any atom is -0.0622 e. The lowest BCUT2D eigenvalue weighted by Crippen LogP contribution is -2.15. The third kappa shape index (κ3) is 3.44. The van der Waals surface area contributed by atoms with Crippen LogP contribution >= 0.6 is 0 Å². The molecule has 0 aliphatic heterocycles. The smallest absolute Gasteiger partial charge is 0.0165 e. The Morgan fingerprint density at radius 3 is 1.81 bits per heavy atom. The highest BCUT2D eigenvalue weighted by molar-refractivity contribution is 6.20. The van der Waals surface area contributed by atoms with Gasteiger partial charge in [0.1, 0.15) is 0 Å². The maximum Gasteiger partial charge on any atom is 0.0165 e. The van der Waals surface area contributed by atoms with Gasteiger partial charge in [-0.3, -0.25) is 0 Å². The maximum atomic E-state index is 2.50. The van der Waals surface area contributed by atoms with Crippen molar-refractivity contribution in [3.63, 3.8) is 0 Å². The first-order chi connectivity index (χ1) is 21.1. The maximum absolute atomic E-state index is 2.50. The zero-order chi connectivity index (χ0) is 28.7. The molecule has 202 valence electrons. The third-order valence-corrected chi connectivity index (χ3v) is 9.78. The van der Waals surface area contributed by atoms with E-state index in [9.17, 15) is 0 Å². The first-order valence-electron chi connectivity index (χ1n) is 15.2. The van der Waals surface area contributed by atoms with E-state index in [2.05, 4.69) is 159 Å². The Kier molecular flexibility index (Phi) is 5.05. The van der Waals surface area contributed by atoms with Gasteiger partial charge in [0.15, 0.2) is 0 Å². The van der Waals surface area contributed by atoms with Gasteiger partial charge in [-0.25, -0.2) is 0 Å². The molecule has 0 unspecified atom stereocenters. The summed E-state index contributed by atoms with van der Waals surface area (Å²) in [4.78, 5) is 0. The SMILES string of the molecule is CC1(C)c2cc(-c3c4ccccc4cc4c3ccc3ccccc34)ccc2-c2c(-c3ccccc3)cc3ccccc3c21. The van der Waals surface area contributed by atoms with Crippen molar-refractivity contribution in [2.75, 3.05) is 0 Å². The summed E-state index contributed by atoms with van der Waals surface area (Å²) in [6.07, 6.45) is 0. The third-order valence-electron chi connectivity index (χ3n) is 9.78. The second-order valence-corrected chi connectivity index (χ2v) is 12.5. The number of hydrogen-bond acceptors (Lipinski definition) is 0. The fourth-order valence-corrected chi connectivity index (χ4v) is 7.82. The van der Waals surface area contributed by atoms with Crippen molar-refractivity contribution in [2.45, 2.75) is 19.3 Å². The average Bonchev–Trinajstić information content (AvgIpc) is 3.30. The van der Waals surface area contributed by atoms with Crippen molar-refractivity contribution in [3.05, 3.63) is 157 Å². The minimum atomic E-state index is -0.155. The normalized spacial score (nSPS) is 13.5. The first kappa shape index (κ1) is 24.4. The van der Waals surface area contributed by atoms with E-state index in [-0.39, 0.29) is 5.41 Å². The molecule has 0 spiro atoms. The number of fused-ring (bicyclic) bond motifs is 9. The molecule has 0 aromatic heterocycles. The lowest BCUT2D eigenvalue weighted by molar-refractivity contribution is 0.666. The van der Waals surface area contributed by atoms with Gasteiger partial charge < -0.3 is 0 Å². The molecule has 1 aliphatic rings. The Bertz CT molecular complexity index is 2410. The Morgan fingerprint density at radius 2 is 1.02 bits per heavy atom. The summed E-state index contributed by atoms with van der Waals surface area (Å²) in [6.45, 7) is 4.83. The number of hydrogen-bond donors (Lipinski definition) is 0. The zero-order valence-corrected chi connectivity index (χ0v) is 24.4. The largest absolute Gasteiger partial charge is 0.0622 e. The van der Waals surface area contributed by atoms with Crippen molar-refractivity contribution >= 4 is 43.1 Å². The Labute approximate surface area is 251 Å². The molecule has 0 saturated heterocycles. The summed E-state index contributed by atoms with van der Waals surface area (Å²) >= 11 is 0. The first-order valence-corrected chi connectivity index (χ1v) is 15.2. The predicted molar refractivity (Wildman–Crippen MR) is 185 cm³/mol. The van der Waals surface area contributed by atoms with Gasteiger partial charge >= 0.3 is 0 Å². The molecule has 1 aliphatic carbocycles. The standard InChI is InChI=1S/C43H30/c1-43(2)39-26-31(40-33-18-10-7-15-29(33)25-38-32-17-9-6-14-28(32)20-22-35(38)40)21-23-36(39)41-37(27-12-4-3-5-13-27)24-30-16-8-11-19-34(30)42(41)43/h3-26H,1-2H3. The Morgan fingerprint density at radius 1 is 0.372 bits per heavy atom. The van der Waals surface area contributed by atoms with Gasteiger partial charge in [0.25, 0.3) is 0 Å².